The Morgan fingerprint density at radius 2 is 1.70 bits per heavy atom. The molecule has 0 spiro atoms. The van der Waals surface area contributed by atoms with E-state index in [1.807, 2.05) is 42.5 Å². The summed E-state index contributed by atoms with van der Waals surface area (Å²) in [5.41, 5.74) is 2.22. The third-order valence-electron chi connectivity index (χ3n) is 3.33. The average molecular weight is 270 g/mol. The highest BCUT2D eigenvalue weighted by Gasteiger charge is 2.07. The van der Waals surface area contributed by atoms with Crippen LogP contribution < -0.4 is 4.74 Å². The van der Waals surface area contributed by atoms with Crippen molar-refractivity contribution in [1.29, 1.82) is 0 Å². The van der Waals surface area contributed by atoms with Crippen molar-refractivity contribution < 1.29 is 9.84 Å². The van der Waals surface area contributed by atoms with Crippen LogP contribution in [0.3, 0.4) is 0 Å². The Bertz CT molecular complexity index is 491. The fourth-order valence-electron chi connectivity index (χ4n) is 2.08. The quantitative estimate of drug-likeness (QED) is 0.819. The molecule has 1 atom stereocenters. The summed E-state index contributed by atoms with van der Waals surface area (Å²) >= 11 is 0. The van der Waals surface area contributed by atoms with Crippen molar-refractivity contribution in [3.05, 3.63) is 65.7 Å². The molecule has 0 amide bonds. The van der Waals surface area contributed by atoms with Crippen LogP contribution in [0.2, 0.25) is 0 Å². The molecule has 1 unspecified atom stereocenters. The zero-order valence-electron chi connectivity index (χ0n) is 12.0. The molecule has 0 saturated heterocycles. The molecule has 2 heteroatoms. The summed E-state index contributed by atoms with van der Waals surface area (Å²) in [6, 6.07) is 17.7. The van der Waals surface area contributed by atoms with Crippen molar-refractivity contribution in [2.45, 2.75) is 32.3 Å². The number of ether oxygens (including phenoxy) is 1. The van der Waals surface area contributed by atoms with E-state index >= 15 is 0 Å². The van der Waals surface area contributed by atoms with Crippen molar-refractivity contribution in [3.63, 3.8) is 0 Å². The van der Waals surface area contributed by atoms with Crippen molar-refractivity contribution in [2.24, 2.45) is 0 Å². The monoisotopic (exact) mass is 270 g/mol. The number of unbranched alkanes of at least 4 members (excludes halogenated alkanes) is 1. The van der Waals surface area contributed by atoms with Gasteiger partial charge in [-0.2, -0.15) is 0 Å². The molecule has 2 aromatic carbocycles. The third-order valence-corrected chi connectivity index (χ3v) is 3.33. The maximum Gasteiger partial charge on any atom is 0.119 e. The Morgan fingerprint density at radius 3 is 2.35 bits per heavy atom. The third kappa shape index (κ3) is 4.39. The second kappa shape index (κ2) is 7.71. The Labute approximate surface area is 121 Å². The Hall–Kier alpha value is -1.80. The first-order chi connectivity index (χ1) is 9.79. The molecule has 0 radical (unpaired) electrons. The van der Waals surface area contributed by atoms with Gasteiger partial charge in [0.25, 0.3) is 0 Å². The van der Waals surface area contributed by atoms with Crippen LogP contribution in [0.15, 0.2) is 54.6 Å². The summed E-state index contributed by atoms with van der Waals surface area (Å²) in [4.78, 5) is 0. The summed E-state index contributed by atoms with van der Waals surface area (Å²) in [6.45, 7) is 2.47. The van der Waals surface area contributed by atoms with Crippen LogP contribution in [0.5, 0.6) is 5.75 Å². The molecule has 0 saturated carbocycles. The molecule has 20 heavy (non-hydrogen) atoms. The van der Waals surface area contributed by atoms with Gasteiger partial charge < -0.3 is 9.84 Å². The first-order valence-electron chi connectivity index (χ1n) is 7.24. The zero-order valence-corrected chi connectivity index (χ0v) is 12.0. The molecule has 0 heterocycles. The topological polar surface area (TPSA) is 29.5 Å². The molecule has 0 aliphatic rings. The van der Waals surface area contributed by atoms with Gasteiger partial charge in [-0.3, -0.25) is 0 Å². The number of hydrogen-bond donors (Lipinski definition) is 1. The standard InChI is InChI=1S/C18H22O2/c1-2-3-7-15-10-12-17(13-11-15)20-14-18(19)16-8-5-4-6-9-16/h4-6,8-13,18-19H,2-3,7,14H2,1H3. The van der Waals surface area contributed by atoms with Crippen LogP contribution in [0.1, 0.15) is 37.0 Å². The minimum absolute atomic E-state index is 0.276. The highest BCUT2D eigenvalue weighted by atomic mass is 16.5. The fraction of sp³-hybridized carbons (Fsp3) is 0.333. The number of benzene rings is 2. The number of rotatable bonds is 7. The molecular formula is C18H22O2. The van der Waals surface area contributed by atoms with Crippen LogP contribution in [-0.2, 0) is 6.42 Å². The van der Waals surface area contributed by atoms with Crippen LogP contribution in [0, 0.1) is 0 Å². The average Bonchev–Trinajstić information content (AvgIpc) is 2.52. The zero-order chi connectivity index (χ0) is 14.2. The highest BCUT2D eigenvalue weighted by molar-refractivity contribution is 5.27. The van der Waals surface area contributed by atoms with Gasteiger partial charge in [0.2, 0.25) is 0 Å². The van der Waals surface area contributed by atoms with E-state index in [9.17, 15) is 5.11 Å². The normalized spacial score (nSPS) is 12.1. The molecule has 1 N–H and O–H groups in total. The Kier molecular flexibility index (Phi) is 5.63. The van der Waals surface area contributed by atoms with Gasteiger partial charge in [-0.1, -0.05) is 55.8 Å². The maximum atomic E-state index is 10.0. The minimum atomic E-state index is -0.587. The molecule has 0 aliphatic carbocycles. The van der Waals surface area contributed by atoms with E-state index in [1.54, 1.807) is 0 Å². The smallest absolute Gasteiger partial charge is 0.119 e. The van der Waals surface area contributed by atoms with Crippen molar-refractivity contribution in [3.8, 4) is 5.75 Å². The first kappa shape index (κ1) is 14.6. The lowest BCUT2D eigenvalue weighted by atomic mass is 10.1. The summed E-state index contributed by atoms with van der Waals surface area (Å²) < 4.78 is 5.63. The summed E-state index contributed by atoms with van der Waals surface area (Å²) in [5, 5.41) is 10.0. The van der Waals surface area contributed by atoms with Gasteiger partial charge in [-0.05, 0) is 36.1 Å². The lowest BCUT2D eigenvalue weighted by molar-refractivity contribution is 0.108. The number of aryl methyl sites for hydroxylation is 1. The van der Waals surface area contributed by atoms with Crippen LogP contribution in [0.4, 0.5) is 0 Å². The lowest BCUT2D eigenvalue weighted by Crippen LogP contribution is -2.09. The molecule has 106 valence electrons. The van der Waals surface area contributed by atoms with Crippen LogP contribution in [-0.4, -0.2) is 11.7 Å². The van der Waals surface area contributed by atoms with Gasteiger partial charge in [0, 0.05) is 0 Å². The van der Waals surface area contributed by atoms with E-state index in [0.29, 0.717) is 0 Å². The SMILES string of the molecule is CCCCc1ccc(OCC(O)c2ccccc2)cc1. The van der Waals surface area contributed by atoms with E-state index < -0.39 is 6.10 Å². The van der Waals surface area contributed by atoms with Crippen molar-refractivity contribution in [1.82, 2.24) is 0 Å². The van der Waals surface area contributed by atoms with Gasteiger partial charge in [0.15, 0.2) is 0 Å². The number of aliphatic hydroxyl groups excluding tert-OH is 1. The van der Waals surface area contributed by atoms with Gasteiger partial charge >= 0.3 is 0 Å². The van der Waals surface area contributed by atoms with E-state index in [2.05, 4.69) is 19.1 Å². The molecule has 2 nitrogen and oxygen atoms in total. The van der Waals surface area contributed by atoms with Gasteiger partial charge in [-0.15, -0.1) is 0 Å². The Morgan fingerprint density at radius 1 is 1.00 bits per heavy atom. The molecule has 0 aromatic heterocycles. The lowest BCUT2D eigenvalue weighted by Gasteiger charge is -2.13. The largest absolute Gasteiger partial charge is 0.491 e. The second-order valence-corrected chi connectivity index (χ2v) is 4.98. The predicted molar refractivity (Wildman–Crippen MR) is 82.0 cm³/mol. The number of aliphatic hydroxyl groups is 1. The van der Waals surface area contributed by atoms with E-state index in [-0.39, 0.29) is 6.61 Å². The van der Waals surface area contributed by atoms with Gasteiger partial charge in [-0.25, -0.2) is 0 Å². The van der Waals surface area contributed by atoms with Crippen LogP contribution in [0.25, 0.3) is 0 Å². The summed E-state index contributed by atoms with van der Waals surface area (Å²) in [7, 11) is 0. The molecule has 2 aromatic rings. The highest BCUT2D eigenvalue weighted by Crippen LogP contribution is 2.17. The van der Waals surface area contributed by atoms with Gasteiger partial charge in [0.1, 0.15) is 18.5 Å². The van der Waals surface area contributed by atoms with E-state index in [1.165, 1.54) is 18.4 Å². The summed E-state index contributed by atoms with van der Waals surface area (Å²) in [6.07, 6.45) is 2.95. The molecule has 0 fully saturated rings. The molecule has 0 aliphatic heterocycles. The molecular weight excluding hydrogens is 248 g/mol. The molecule has 2 rings (SSSR count). The second-order valence-electron chi connectivity index (χ2n) is 4.98. The van der Waals surface area contributed by atoms with E-state index in [4.69, 9.17) is 4.74 Å². The minimum Gasteiger partial charge on any atom is -0.491 e. The fourth-order valence-corrected chi connectivity index (χ4v) is 2.08. The van der Waals surface area contributed by atoms with Crippen molar-refractivity contribution >= 4 is 0 Å². The predicted octanol–water partition coefficient (Wildman–Crippen LogP) is 4.14. The van der Waals surface area contributed by atoms with Gasteiger partial charge in [0.05, 0.1) is 0 Å². The number of hydrogen-bond acceptors (Lipinski definition) is 2. The summed E-state index contributed by atoms with van der Waals surface area (Å²) in [5.74, 6) is 0.806. The van der Waals surface area contributed by atoms with Crippen LogP contribution >= 0.6 is 0 Å². The van der Waals surface area contributed by atoms with E-state index in [0.717, 1.165) is 17.7 Å². The Balaban J connectivity index is 1.84. The first-order valence-corrected chi connectivity index (χ1v) is 7.24. The maximum absolute atomic E-state index is 10.0. The van der Waals surface area contributed by atoms with Crippen molar-refractivity contribution in [2.75, 3.05) is 6.61 Å². The molecule has 0 bridgehead atoms.